The molecule has 0 aliphatic carbocycles. The molecule has 0 atom stereocenters. The summed E-state index contributed by atoms with van der Waals surface area (Å²) in [6.45, 7) is 2.12. The molecule has 0 radical (unpaired) electrons. The van der Waals surface area contributed by atoms with E-state index < -0.39 is 0 Å². The topological polar surface area (TPSA) is 12.9 Å². The molecule has 0 aliphatic rings. The third-order valence-corrected chi connectivity index (χ3v) is 1.76. The monoisotopic (exact) mass is 203 g/mol. The molecule has 1 nitrogen and oxygen atoms in total. The van der Waals surface area contributed by atoms with Crippen LogP contribution in [0.3, 0.4) is 0 Å². The Balaban J connectivity index is 0.000000810. The van der Waals surface area contributed by atoms with E-state index >= 15 is 0 Å². The average Bonchev–Trinajstić information content (AvgIpc) is 1.91. The minimum absolute atomic E-state index is 0. The number of nitrogens with zero attached hydrogens (tertiary/aromatic N) is 1. The largest absolute Gasteiger partial charge is 0.250 e. The van der Waals surface area contributed by atoms with E-state index in [9.17, 15) is 0 Å². The van der Waals surface area contributed by atoms with E-state index in [1.165, 1.54) is 0 Å². The Morgan fingerprint density at radius 2 is 2.30 bits per heavy atom. The molecule has 0 aromatic carbocycles. The molecule has 0 bridgehead atoms. The van der Waals surface area contributed by atoms with Crippen molar-refractivity contribution < 1.29 is 19.5 Å². The molecule has 0 saturated carbocycles. The van der Waals surface area contributed by atoms with Crippen LogP contribution in [-0.4, -0.2) is 10.7 Å². The number of hydrogen-bond donors (Lipinski definition) is 0. The van der Waals surface area contributed by atoms with Crippen LogP contribution in [0.15, 0.2) is 29.4 Å². The summed E-state index contributed by atoms with van der Waals surface area (Å²) in [5, 5.41) is 1.11. The van der Waals surface area contributed by atoms with E-state index in [4.69, 9.17) is 0 Å². The van der Waals surface area contributed by atoms with Crippen molar-refractivity contribution in [2.45, 2.75) is 11.9 Å². The Hall–Kier alpha value is 0.123. The quantitative estimate of drug-likeness (QED) is 0.541. The van der Waals surface area contributed by atoms with Crippen molar-refractivity contribution in [2.24, 2.45) is 0 Å². The summed E-state index contributed by atoms with van der Waals surface area (Å²) in [7, 11) is 0. The molecule has 0 N–H and O–H groups in total. The fraction of sp³-hybridized carbons (Fsp3) is 0.286. The van der Waals surface area contributed by atoms with Crippen LogP contribution in [-0.2, 0) is 19.5 Å². The van der Waals surface area contributed by atoms with Gasteiger partial charge in [0.15, 0.2) is 0 Å². The van der Waals surface area contributed by atoms with E-state index in [1.807, 2.05) is 24.4 Å². The van der Waals surface area contributed by atoms with E-state index in [-0.39, 0.29) is 19.5 Å². The molecule has 0 spiro atoms. The third kappa shape index (κ3) is 3.33. The van der Waals surface area contributed by atoms with Gasteiger partial charge in [0, 0.05) is 25.7 Å². The van der Waals surface area contributed by atoms with Crippen molar-refractivity contribution in [3.63, 3.8) is 0 Å². The summed E-state index contributed by atoms with van der Waals surface area (Å²) in [4.78, 5) is 4.13. The molecular formula is C7H9NSZn. The number of aromatic nitrogens is 1. The molecule has 0 fully saturated rings. The van der Waals surface area contributed by atoms with Crippen molar-refractivity contribution in [1.82, 2.24) is 4.98 Å². The van der Waals surface area contributed by atoms with Gasteiger partial charge >= 0.3 is 0 Å². The third-order valence-electron chi connectivity index (χ3n) is 0.930. The SMILES string of the molecule is CCSc1ccccn1.[Zn]. The molecule has 0 saturated heterocycles. The van der Waals surface area contributed by atoms with Crippen molar-refractivity contribution in [2.75, 3.05) is 5.75 Å². The van der Waals surface area contributed by atoms with Crippen molar-refractivity contribution in [1.29, 1.82) is 0 Å². The van der Waals surface area contributed by atoms with Crippen LogP contribution in [0.5, 0.6) is 0 Å². The van der Waals surface area contributed by atoms with Crippen LogP contribution in [0, 0.1) is 0 Å². The van der Waals surface area contributed by atoms with Gasteiger partial charge in [-0.15, -0.1) is 11.8 Å². The van der Waals surface area contributed by atoms with E-state index in [1.54, 1.807) is 11.8 Å². The molecule has 1 aromatic heterocycles. The molecule has 0 aliphatic heterocycles. The Kier molecular flexibility index (Phi) is 5.95. The zero-order valence-electron chi connectivity index (χ0n) is 6.08. The number of pyridine rings is 1. The maximum atomic E-state index is 4.13. The first-order chi connectivity index (χ1) is 4.43. The molecule has 3 heteroatoms. The van der Waals surface area contributed by atoms with Gasteiger partial charge in [-0.1, -0.05) is 13.0 Å². The second-order valence-corrected chi connectivity index (χ2v) is 2.89. The van der Waals surface area contributed by atoms with E-state index in [2.05, 4.69) is 11.9 Å². The van der Waals surface area contributed by atoms with Crippen molar-refractivity contribution >= 4 is 11.8 Å². The van der Waals surface area contributed by atoms with Crippen molar-refractivity contribution in [3.8, 4) is 0 Å². The first kappa shape index (κ1) is 10.1. The Morgan fingerprint density at radius 3 is 2.80 bits per heavy atom. The van der Waals surface area contributed by atoms with E-state index in [0.29, 0.717) is 0 Å². The second-order valence-electron chi connectivity index (χ2n) is 1.60. The van der Waals surface area contributed by atoms with Gasteiger partial charge in [0.25, 0.3) is 0 Å². The smallest absolute Gasteiger partial charge is 0.0959 e. The van der Waals surface area contributed by atoms with Gasteiger partial charge in [-0.25, -0.2) is 4.98 Å². The summed E-state index contributed by atoms with van der Waals surface area (Å²) in [5.41, 5.74) is 0. The molecule has 1 heterocycles. The zero-order chi connectivity index (χ0) is 6.53. The summed E-state index contributed by atoms with van der Waals surface area (Å²) in [5.74, 6) is 1.09. The van der Waals surface area contributed by atoms with Gasteiger partial charge in [0.05, 0.1) is 5.03 Å². The molecule has 0 amide bonds. The van der Waals surface area contributed by atoms with Crippen LogP contribution in [0.4, 0.5) is 0 Å². The molecule has 0 unspecified atom stereocenters. The maximum absolute atomic E-state index is 4.13. The molecule has 50 valence electrons. The summed E-state index contributed by atoms with van der Waals surface area (Å²) in [6, 6.07) is 5.96. The average molecular weight is 205 g/mol. The van der Waals surface area contributed by atoms with Gasteiger partial charge < -0.3 is 0 Å². The maximum Gasteiger partial charge on any atom is 0.0959 e. The molecule has 10 heavy (non-hydrogen) atoms. The predicted molar refractivity (Wildman–Crippen MR) is 40.6 cm³/mol. The summed E-state index contributed by atoms with van der Waals surface area (Å²) >= 11 is 1.76. The Bertz CT molecular complexity index is 167. The minimum atomic E-state index is 0. The number of rotatable bonds is 2. The molecule has 1 rings (SSSR count). The van der Waals surface area contributed by atoms with Gasteiger partial charge in [-0.05, 0) is 17.9 Å². The van der Waals surface area contributed by atoms with Crippen LogP contribution < -0.4 is 0 Å². The second kappa shape index (κ2) is 5.87. The minimum Gasteiger partial charge on any atom is -0.250 e. The first-order valence-electron chi connectivity index (χ1n) is 2.97. The predicted octanol–water partition coefficient (Wildman–Crippen LogP) is 2.19. The normalized spacial score (nSPS) is 8.50. The number of thioether (sulfide) groups is 1. The zero-order valence-corrected chi connectivity index (χ0v) is 9.86. The fourth-order valence-corrected chi connectivity index (χ4v) is 1.19. The van der Waals surface area contributed by atoms with Crippen LogP contribution >= 0.6 is 11.8 Å². The Morgan fingerprint density at radius 1 is 1.50 bits per heavy atom. The molecular weight excluding hydrogens is 196 g/mol. The van der Waals surface area contributed by atoms with Crippen LogP contribution in [0.1, 0.15) is 6.92 Å². The summed E-state index contributed by atoms with van der Waals surface area (Å²) < 4.78 is 0. The van der Waals surface area contributed by atoms with Gasteiger partial charge in [0.2, 0.25) is 0 Å². The van der Waals surface area contributed by atoms with Crippen LogP contribution in [0.2, 0.25) is 0 Å². The summed E-state index contributed by atoms with van der Waals surface area (Å²) in [6.07, 6.45) is 1.82. The standard InChI is InChI=1S/C7H9NS.Zn/c1-2-9-7-5-3-4-6-8-7;/h3-6H,2H2,1H3;. The first-order valence-corrected chi connectivity index (χ1v) is 3.96. The number of hydrogen-bond acceptors (Lipinski definition) is 2. The Labute approximate surface area is 78.4 Å². The van der Waals surface area contributed by atoms with Crippen molar-refractivity contribution in [3.05, 3.63) is 24.4 Å². The van der Waals surface area contributed by atoms with Gasteiger partial charge in [-0.3, -0.25) is 0 Å². The fourth-order valence-electron chi connectivity index (χ4n) is 0.580. The van der Waals surface area contributed by atoms with Crippen LogP contribution in [0.25, 0.3) is 0 Å². The molecule has 1 aromatic rings. The van der Waals surface area contributed by atoms with Gasteiger partial charge in [0.1, 0.15) is 0 Å². The van der Waals surface area contributed by atoms with Gasteiger partial charge in [-0.2, -0.15) is 0 Å². The van der Waals surface area contributed by atoms with E-state index in [0.717, 1.165) is 10.8 Å².